The average molecular weight is 652 g/mol. The highest BCUT2D eigenvalue weighted by molar-refractivity contribution is 14.1. The summed E-state index contributed by atoms with van der Waals surface area (Å²) in [7, 11) is 2.96. The molecule has 210 valence electrons. The van der Waals surface area contributed by atoms with E-state index in [9.17, 15) is 24.6 Å². The molecular weight excluding hydrogens is 619 g/mol. The molecule has 2 amide bonds. The molecule has 10 nitrogen and oxygen atoms in total. The Bertz CT molecular complexity index is 1170. The van der Waals surface area contributed by atoms with E-state index in [1.165, 1.54) is 31.3 Å². The third kappa shape index (κ3) is 8.01. The summed E-state index contributed by atoms with van der Waals surface area (Å²) in [5, 5.41) is 23.3. The van der Waals surface area contributed by atoms with E-state index in [-0.39, 0.29) is 50.8 Å². The van der Waals surface area contributed by atoms with Crippen LogP contribution in [-0.2, 0) is 20.7 Å². The molecule has 3 N–H and O–H groups in total. The Hall–Kier alpha value is -3.00. The molecular formula is C28H33IN2O8. The fourth-order valence-electron chi connectivity index (χ4n) is 4.37. The smallest absolute Gasteiger partial charge is 0.247 e. The fraction of sp³-hybridized carbons (Fsp3) is 0.393. The first-order valence-corrected chi connectivity index (χ1v) is 13.5. The van der Waals surface area contributed by atoms with Gasteiger partial charge in [0.2, 0.25) is 11.8 Å². The van der Waals surface area contributed by atoms with Crippen molar-refractivity contribution >= 4 is 40.7 Å². The first-order chi connectivity index (χ1) is 18.8. The number of carbonyl (C=O) groups excluding carboxylic acids is 3. The molecule has 11 heteroatoms. The lowest BCUT2D eigenvalue weighted by atomic mass is 9.87. The highest BCUT2D eigenvalue weighted by Crippen LogP contribution is 2.37. The van der Waals surface area contributed by atoms with Gasteiger partial charge in [-0.05, 0) is 46.4 Å². The van der Waals surface area contributed by atoms with Crippen LogP contribution in [0.4, 0.5) is 0 Å². The summed E-state index contributed by atoms with van der Waals surface area (Å²) in [6.45, 7) is 0.230. The Kier molecular flexibility index (Phi) is 11.7. The van der Waals surface area contributed by atoms with Gasteiger partial charge in [-0.3, -0.25) is 14.4 Å². The Morgan fingerprint density at radius 1 is 1.21 bits per heavy atom. The number of methoxy groups -OCH3 is 2. The van der Waals surface area contributed by atoms with E-state index >= 15 is 0 Å². The Balaban J connectivity index is 1.99. The van der Waals surface area contributed by atoms with Gasteiger partial charge in [0.25, 0.3) is 0 Å². The highest BCUT2D eigenvalue weighted by atomic mass is 127. The Morgan fingerprint density at radius 2 is 1.95 bits per heavy atom. The van der Waals surface area contributed by atoms with Crippen LogP contribution in [0.3, 0.4) is 0 Å². The summed E-state index contributed by atoms with van der Waals surface area (Å²) in [4.78, 5) is 39.3. The fourth-order valence-corrected chi connectivity index (χ4v) is 5.13. The minimum Gasteiger partial charge on any atom is -0.493 e. The maximum absolute atomic E-state index is 13.5. The van der Waals surface area contributed by atoms with Crippen molar-refractivity contribution in [1.29, 1.82) is 0 Å². The molecule has 2 aromatic rings. The van der Waals surface area contributed by atoms with E-state index in [1.54, 1.807) is 6.07 Å². The van der Waals surface area contributed by atoms with Crippen molar-refractivity contribution in [2.45, 2.75) is 31.1 Å². The zero-order valence-corrected chi connectivity index (χ0v) is 24.0. The van der Waals surface area contributed by atoms with Crippen LogP contribution < -0.4 is 14.8 Å². The first-order valence-electron chi connectivity index (χ1n) is 12.4. The number of halogens is 1. The molecule has 2 aromatic carbocycles. The number of ether oxygens (including phenoxy) is 3. The van der Waals surface area contributed by atoms with E-state index < -0.39 is 24.2 Å². The number of benzene rings is 2. The lowest BCUT2D eigenvalue weighted by molar-refractivity contribution is -0.138. The van der Waals surface area contributed by atoms with Gasteiger partial charge in [0.15, 0.2) is 11.5 Å². The van der Waals surface area contributed by atoms with Crippen LogP contribution in [-0.4, -0.2) is 92.0 Å². The van der Waals surface area contributed by atoms with Crippen molar-refractivity contribution in [2.75, 3.05) is 40.5 Å². The normalized spacial score (nSPS) is 18.6. The number of aliphatic hydroxyl groups is 2. The van der Waals surface area contributed by atoms with Crippen molar-refractivity contribution in [3.63, 3.8) is 0 Å². The summed E-state index contributed by atoms with van der Waals surface area (Å²) in [6, 6.07) is 11.6. The van der Waals surface area contributed by atoms with Crippen LogP contribution in [0.15, 0.2) is 54.1 Å². The molecule has 0 aromatic heterocycles. The standard InChI is InChI=1S/C28H33IN2O8/c1-37-11-9-31(25(34)14-18-6-4-3-5-7-18)22-15-20(28(36)30-8-10-32)16-23(26(22)35)39-27-21(29)12-19(17-33)13-24(27)38-2/h3-7,12-13,16-17,22-23,26,32,35H,8-11,14-15H2,1-2H3,(H,30,36)/t22-,23+,26+/m1/s1. The number of aldehydes is 1. The number of rotatable bonds is 13. The number of hydrogen-bond donors (Lipinski definition) is 3. The number of aliphatic hydroxyl groups excluding tert-OH is 2. The van der Waals surface area contributed by atoms with E-state index in [1.807, 2.05) is 52.9 Å². The van der Waals surface area contributed by atoms with Gasteiger partial charge in [0, 0.05) is 37.8 Å². The minimum absolute atomic E-state index is 0.0497. The quantitative estimate of drug-likeness (QED) is 0.220. The summed E-state index contributed by atoms with van der Waals surface area (Å²) >= 11 is 2.00. The summed E-state index contributed by atoms with van der Waals surface area (Å²) < 4.78 is 17.5. The van der Waals surface area contributed by atoms with Crippen molar-refractivity contribution in [1.82, 2.24) is 10.2 Å². The average Bonchev–Trinajstić information content (AvgIpc) is 2.94. The Labute approximate surface area is 241 Å². The van der Waals surface area contributed by atoms with Crippen LogP contribution in [0.1, 0.15) is 22.3 Å². The van der Waals surface area contributed by atoms with Crippen molar-refractivity contribution < 1.29 is 38.8 Å². The molecule has 0 heterocycles. The molecule has 0 unspecified atom stereocenters. The molecule has 39 heavy (non-hydrogen) atoms. The second-order valence-electron chi connectivity index (χ2n) is 8.91. The molecule has 0 saturated carbocycles. The van der Waals surface area contributed by atoms with E-state index in [2.05, 4.69) is 5.32 Å². The molecule has 3 atom stereocenters. The number of amides is 2. The van der Waals surface area contributed by atoms with Gasteiger partial charge in [-0.2, -0.15) is 0 Å². The van der Waals surface area contributed by atoms with Crippen LogP contribution >= 0.6 is 22.6 Å². The van der Waals surface area contributed by atoms with Crippen LogP contribution in [0, 0.1) is 3.57 Å². The SMILES string of the molecule is COCCN(C(=O)Cc1ccccc1)[C@@H]1CC(C(=O)NCCO)=C[C@H](Oc2c(I)cc(C=O)cc2OC)[C@H]1O. The number of carbonyl (C=O) groups is 3. The summed E-state index contributed by atoms with van der Waals surface area (Å²) in [5.74, 6) is -0.0940. The monoisotopic (exact) mass is 652 g/mol. The molecule has 3 rings (SSSR count). The zero-order valence-electron chi connectivity index (χ0n) is 21.8. The number of hydrogen-bond acceptors (Lipinski definition) is 8. The van der Waals surface area contributed by atoms with E-state index in [0.29, 0.717) is 26.7 Å². The third-order valence-electron chi connectivity index (χ3n) is 6.31. The van der Waals surface area contributed by atoms with E-state index in [0.717, 1.165) is 5.56 Å². The molecule has 0 spiro atoms. The second kappa shape index (κ2) is 15.0. The lowest BCUT2D eigenvalue weighted by Crippen LogP contribution is -2.56. The van der Waals surface area contributed by atoms with Gasteiger partial charge >= 0.3 is 0 Å². The van der Waals surface area contributed by atoms with Crippen molar-refractivity contribution in [3.05, 3.63) is 68.8 Å². The van der Waals surface area contributed by atoms with Gasteiger partial charge in [-0.15, -0.1) is 0 Å². The van der Waals surface area contributed by atoms with Gasteiger partial charge in [0.05, 0.1) is 36.4 Å². The number of nitrogens with zero attached hydrogens (tertiary/aromatic N) is 1. The van der Waals surface area contributed by atoms with Gasteiger partial charge in [-0.1, -0.05) is 30.3 Å². The largest absolute Gasteiger partial charge is 0.493 e. The molecule has 0 saturated heterocycles. The topological polar surface area (TPSA) is 135 Å². The molecule has 0 radical (unpaired) electrons. The van der Waals surface area contributed by atoms with Gasteiger partial charge in [-0.25, -0.2) is 0 Å². The molecule has 0 bridgehead atoms. The van der Waals surface area contributed by atoms with Gasteiger partial charge in [0.1, 0.15) is 18.5 Å². The maximum Gasteiger partial charge on any atom is 0.247 e. The molecule has 1 aliphatic rings. The predicted molar refractivity (Wildman–Crippen MR) is 152 cm³/mol. The minimum atomic E-state index is -1.21. The Morgan fingerprint density at radius 3 is 2.59 bits per heavy atom. The van der Waals surface area contributed by atoms with Crippen molar-refractivity contribution in [3.8, 4) is 11.5 Å². The van der Waals surface area contributed by atoms with Gasteiger partial charge < -0.3 is 34.6 Å². The third-order valence-corrected chi connectivity index (χ3v) is 7.11. The highest BCUT2D eigenvalue weighted by Gasteiger charge is 2.40. The molecule has 0 aliphatic heterocycles. The summed E-state index contributed by atoms with van der Waals surface area (Å²) in [6.07, 6.45) is 0.150. The zero-order chi connectivity index (χ0) is 28.4. The van der Waals surface area contributed by atoms with Crippen molar-refractivity contribution in [2.24, 2.45) is 0 Å². The van der Waals surface area contributed by atoms with Crippen LogP contribution in [0.2, 0.25) is 0 Å². The predicted octanol–water partition coefficient (Wildman–Crippen LogP) is 1.75. The molecule has 1 aliphatic carbocycles. The van der Waals surface area contributed by atoms with Crippen LogP contribution in [0.25, 0.3) is 0 Å². The summed E-state index contributed by atoms with van der Waals surface area (Å²) in [5.41, 5.74) is 1.51. The lowest BCUT2D eigenvalue weighted by Gasteiger charge is -2.40. The molecule has 0 fully saturated rings. The van der Waals surface area contributed by atoms with Crippen LogP contribution in [0.5, 0.6) is 11.5 Å². The van der Waals surface area contributed by atoms with E-state index in [4.69, 9.17) is 14.2 Å². The number of nitrogens with one attached hydrogen (secondary N) is 1. The first kappa shape index (κ1) is 30.5. The second-order valence-corrected chi connectivity index (χ2v) is 10.1. The maximum atomic E-state index is 13.5.